The number of alkyl halides is 3. The highest BCUT2D eigenvalue weighted by Crippen LogP contribution is 2.50. The van der Waals surface area contributed by atoms with Gasteiger partial charge in [0.2, 0.25) is 0 Å². The Hall–Kier alpha value is -0.450. The third-order valence-electron chi connectivity index (χ3n) is 3.32. The minimum absolute atomic E-state index is 0.351. The molecule has 0 aliphatic carbocycles. The molecule has 1 aliphatic rings. The lowest BCUT2D eigenvalue weighted by atomic mass is 9.91. The van der Waals surface area contributed by atoms with Gasteiger partial charge in [-0.15, -0.1) is 11.7 Å². The average Bonchev–Trinajstić information content (AvgIpc) is 2.45. The molecule has 1 saturated heterocycles. The van der Waals surface area contributed by atoms with Gasteiger partial charge in [0.25, 0.3) is 0 Å². The second-order valence-electron chi connectivity index (χ2n) is 4.62. The lowest BCUT2D eigenvalue weighted by Gasteiger charge is -2.44. The molecule has 4 atom stereocenters. The molecular formula is C12H13F3O4S2. The summed E-state index contributed by atoms with van der Waals surface area (Å²) >= 11 is 3.90. The zero-order valence-electron chi connectivity index (χ0n) is 10.5. The molecule has 0 bridgehead atoms. The Labute approximate surface area is 127 Å². The SMILES string of the molecule is O[C@H]1[C@H](O)CO[C@](SS)(c2ccccc2C(F)(F)F)[C@@H]1O. The molecule has 1 aromatic rings. The first-order valence-electron chi connectivity index (χ1n) is 5.91. The van der Waals surface area contributed by atoms with Crippen molar-refractivity contribution in [2.75, 3.05) is 6.61 Å². The standard InChI is InChI=1S/C12H13F3O4S2/c13-12(14,15)7-4-2-1-3-6(7)11(21-20)10(18)9(17)8(16)5-19-11/h1-4,8-10,16-18,20H,5H2/t8-,9+,10-,11+/m1/s1. The minimum atomic E-state index is -4.66. The number of hydrogen-bond donors (Lipinski definition) is 4. The Morgan fingerprint density at radius 2 is 1.86 bits per heavy atom. The van der Waals surface area contributed by atoms with Crippen molar-refractivity contribution in [3.05, 3.63) is 35.4 Å². The Balaban J connectivity index is 2.57. The van der Waals surface area contributed by atoms with Gasteiger partial charge in [0, 0.05) is 5.56 Å². The quantitative estimate of drug-likeness (QED) is 0.485. The fourth-order valence-corrected chi connectivity index (χ4v) is 3.65. The summed E-state index contributed by atoms with van der Waals surface area (Å²) in [5.41, 5.74) is -1.34. The van der Waals surface area contributed by atoms with E-state index in [0.717, 1.165) is 12.1 Å². The maximum absolute atomic E-state index is 13.1. The third-order valence-corrected chi connectivity index (χ3v) is 4.98. The van der Waals surface area contributed by atoms with E-state index in [2.05, 4.69) is 11.7 Å². The predicted octanol–water partition coefficient (Wildman–Crippen LogP) is 1.55. The van der Waals surface area contributed by atoms with Gasteiger partial charge in [-0.25, -0.2) is 0 Å². The molecule has 0 amide bonds. The number of thiol groups is 1. The maximum atomic E-state index is 13.1. The van der Waals surface area contributed by atoms with Crippen molar-refractivity contribution in [3.8, 4) is 0 Å². The largest absolute Gasteiger partial charge is 0.416 e. The van der Waals surface area contributed by atoms with E-state index >= 15 is 0 Å². The number of halogens is 3. The Morgan fingerprint density at radius 3 is 2.43 bits per heavy atom. The van der Waals surface area contributed by atoms with Gasteiger partial charge in [-0.1, -0.05) is 29.0 Å². The molecule has 1 aliphatic heterocycles. The van der Waals surface area contributed by atoms with Crippen LogP contribution < -0.4 is 0 Å². The molecule has 0 spiro atoms. The molecular weight excluding hydrogens is 329 g/mol. The topological polar surface area (TPSA) is 69.9 Å². The van der Waals surface area contributed by atoms with Crippen LogP contribution in [0.4, 0.5) is 13.2 Å². The zero-order chi connectivity index (χ0) is 15.8. The highest BCUT2D eigenvalue weighted by atomic mass is 33.1. The second-order valence-corrected chi connectivity index (χ2v) is 5.95. The smallest absolute Gasteiger partial charge is 0.388 e. The van der Waals surface area contributed by atoms with Gasteiger partial charge in [-0.3, -0.25) is 0 Å². The molecule has 1 aromatic carbocycles. The summed E-state index contributed by atoms with van der Waals surface area (Å²) in [4.78, 5) is -1.92. The van der Waals surface area contributed by atoms with Crippen LogP contribution in [0.1, 0.15) is 11.1 Å². The Bertz CT molecular complexity index is 514. The number of rotatable bonds is 2. The normalized spacial score (nSPS) is 34.0. The number of benzene rings is 1. The van der Waals surface area contributed by atoms with Crippen molar-refractivity contribution in [2.24, 2.45) is 0 Å². The highest BCUT2D eigenvalue weighted by molar-refractivity contribution is 8.68. The number of ether oxygens (including phenoxy) is 1. The van der Waals surface area contributed by atoms with Crippen LogP contribution in [0.25, 0.3) is 0 Å². The van der Waals surface area contributed by atoms with Crippen LogP contribution in [-0.4, -0.2) is 40.2 Å². The van der Waals surface area contributed by atoms with Gasteiger partial charge in [-0.05, 0) is 6.07 Å². The van der Waals surface area contributed by atoms with Crippen molar-refractivity contribution in [1.29, 1.82) is 0 Å². The van der Waals surface area contributed by atoms with E-state index in [1.54, 1.807) is 0 Å². The van der Waals surface area contributed by atoms with E-state index in [0.29, 0.717) is 10.8 Å². The van der Waals surface area contributed by atoms with E-state index in [9.17, 15) is 28.5 Å². The predicted molar refractivity (Wildman–Crippen MR) is 73.7 cm³/mol. The van der Waals surface area contributed by atoms with E-state index in [1.807, 2.05) is 0 Å². The van der Waals surface area contributed by atoms with E-state index < -0.39 is 41.6 Å². The fourth-order valence-electron chi connectivity index (χ4n) is 2.23. The van der Waals surface area contributed by atoms with E-state index in [-0.39, 0.29) is 5.56 Å². The molecule has 21 heavy (non-hydrogen) atoms. The lowest BCUT2D eigenvalue weighted by Crippen LogP contribution is -2.57. The molecule has 0 radical (unpaired) electrons. The molecule has 1 fully saturated rings. The van der Waals surface area contributed by atoms with Gasteiger partial charge >= 0.3 is 6.18 Å². The van der Waals surface area contributed by atoms with Crippen molar-refractivity contribution >= 4 is 22.5 Å². The van der Waals surface area contributed by atoms with Gasteiger partial charge in [-0.2, -0.15) is 13.2 Å². The zero-order valence-corrected chi connectivity index (χ0v) is 12.2. The number of aliphatic hydroxyl groups excluding tert-OH is 3. The van der Waals surface area contributed by atoms with Crippen LogP contribution >= 0.6 is 22.5 Å². The summed E-state index contributed by atoms with van der Waals surface area (Å²) in [5.74, 6) is 0. The van der Waals surface area contributed by atoms with Crippen molar-refractivity contribution < 1.29 is 33.2 Å². The second kappa shape index (κ2) is 5.98. The van der Waals surface area contributed by atoms with E-state index in [1.165, 1.54) is 12.1 Å². The minimum Gasteiger partial charge on any atom is -0.388 e. The van der Waals surface area contributed by atoms with Gasteiger partial charge in [0.05, 0.1) is 12.2 Å². The summed E-state index contributed by atoms with van der Waals surface area (Å²) < 4.78 is 44.6. The summed E-state index contributed by atoms with van der Waals surface area (Å²) in [6, 6.07) is 4.59. The lowest BCUT2D eigenvalue weighted by molar-refractivity contribution is -0.206. The first-order valence-corrected chi connectivity index (χ1v) is 7.78. The number of aliphatic hydroxyl groups is 3. The van der Waals surface area contributed by atoms with Crippen LogP contribution in [0.5, 0.6) is 0 Å². The summed E-state index contributed by atoms with van der Waals surface area (Å²) in [5, 5.41) is 29.3. The first kappa shape index (κ1) is 16.9. The Morgan fingerprint density at radius 1 is 1.24 bits per heavy atom. The summed E-state index contributed by atoms with van der Waals surface area (Å²) in [6.45, 7) is -0.419. The summed E-state index contributed by atoms with van der Waals surface area (Å²) in [6.07, 6.45) is -9.45. The van der Waals surface area contributed by atoms with Crippen LogP contribution in [0.2, 0.25) is 0 Å². The van der Waals surface area contributed by atoms with E-state index in [4.69, 9.17) is 4.74 Å². The Kier molecular flexibility index (Phi) is 4.81. The molecule has 0 aromatic heterocycles. The van der Waals surface area contributed by atoms with Gasteiger partial charge in [0.1, 0.15) is 18.3 Å². The van der Waals surface area contributed by atoms with Crippen molar-refractivity contribution in [2.45, 2.75) is 29.4 Å². The molecule has 2 rings (SSSR count). The van der Waals surface area contributed by atoms with Crippen LogP contribution in [-0.2, 0) is 15.8 Å². The third kappa shape index (κ3) is 2.90. The van der Waals surface area contributed by atoms with Gasteiger partial charge < -0.3 is 20.1 Å². The maximum Gasteiger partial charge on any atom is 0.416 e. The molecule has 0 saturated carbocycles. The van der Waals surface area contributed by atoms with Crippen molar-refractivity contribution in [3.63, 3.8) is 0 Å². The molecule has 118 valence electrons. The fraction of sp³-hybridized carbons (Fsp3) is 0.500. The number of hydrogen-bond acceptors (Lipinski definition) is 6. The monoisotopic (exact) mass is 342 g/mol. The molecule has 0 unspecified atom stereocenters. The van der Waals surface area contributed by atoms with Crippen molar-refractivity contribution in [1.82, 2.24) is 0 Å². The molecule has 1 heterocycles. The average molecular weight is 342 g/mol. The van der Waals surface area contributed by atoms with Crippen LogP contribution in [0.3, 0.4) is 0 Å². The summed E-state index contributed by atoms with van der Waals surface area (Å²) in [7, 11) is 0.542. The first-order chi connectivity index (χ1) is 9.74. The molecule has 9 heteroatoms. The molecule has 3 N–H and O–H groups in total. The highest BCUT2D eigenvalue weighted by Gasteiger charge is 2.53. The molecule has 4 nitrogen and oxygen atoms in total. The van der Waals surface area contributed by atoms with Crippen LogP contribution in [0, 0.1) is 0 Å². The van der Waals surface area contributed by atoms with Gasteiger partial charge in [0.15, 0.2) is 4.93 Å². The van der Waals surface area contributed by atoms with Crippen LogP contribution in [0.15, 0.2) is 24.3 Å².